The van der Waals surface area contributed by atoms with E-state index in [0.29, 0.717) is 11.6 Å². The van der Waals surface area contributed by atoms with Crippen molar-refractivity contribution in [2.24, 2.45) is 5.92 Å². The molecular formula is C14H23N3O. The minimum atomic E-state index is -0.0985. The Labute approximate surface area is 109 Å². The van der Waals surface area contributed by atoms with E-state index in [0.717, 1.165) is 18.7 Å². The van der Waals surface area contributed by atoms with Crippen molar-refractivity contribution in [1.29, 1.82) is 0 Å². The van der Waals surface area contributed by atoms with Gasteiger partial charge in [-0.3, -0.25) is 4.79 Å². The number of nitrogens with zero attached hydrogens (tertiary/aromatic N) is 1. The zero-order chi connectivity index (χ0) is 13.5. The standard InChI is InChI=1S/C14H23N3O/c1-5-12(10(3)4)17-14(18)13-8-7-11(9-16-13)15-6-2/h7-10,12,15H,5-6H2,1-4H3,(H,17,18). The zero-order valence-electron chi connectivity index (χ0n) is 11.7. The Bertz CT molecular complexity index is 373. The Balaban J connectivity index is 2.66. The third kappa shape index (κ3) is 4.02. The van der Waals surface area contributed by atoms with Gasteiger partial charge in [-0.05, 0) is 31.4 Å². The van der Waals surface area contributed by atoms with Gasteiger partial charge < -0.3 is 10.6 Å². The van der Waals surface area contributed by atoms with Gasteiger partial charge in [-0.2, -0.15) is 0 Å². The fraction of sp³-hybridized carbons (Fsp3) is 0.571. The highest BCUT2D eigenvalue weighted by Gasteiger charge is 2.15. The van der Waals surface area contributed by atoms with E-state index in [9.17, 15) is 4.79 Å². The fourth-order valence-electron chi connectivity index (χ4n) is 1.82. The monoisotopic (exact) mass is 249 g/mol. The summed E-state index contributed by atoms with van der Waals surface area (Å²) < 4.78 is 0. The summed E-state index contributed by atoms with van der Waals surface area (Å²) in [4.78, 5) is 16.2. The van der Waals surface area contributed by atoms with Crippen molar-refractivity contribution in [2.75, 3.05) is 11.9 Å². The van der Waals surface area contributed by atoms with E-state index in [1.54, 1.807) is 12.3 Å². The van der Waals surface area contributed by atoms with E-state index in [4.69, 9.17) is 0 Å². The molecule has 0 bridgehead atoms. The summed E-state index contributed by atoms with van der Waals surface area (Å²) >= 11 is 0. The highest BCUT2D eigenvalue weighted by atomic mass is 16.1. The van der Waals surface area contributed by atoms with Gasteiger partial charge in [0.15, 0.2) is 0 Å². The van der Waals surface area contributed by atoms with Gasteiger partial charge in [-0.1, -0.05) is 20.8 Å². The molecule has 0 aliphatic rings. The molecule has 1 unspecified atom stereocenters. The molecule has 0 aliphatic carbocycles. The van der Waals surface area contributed by atoms with Crippen molar-refractivity contribution in [3.63, 3.8) is 0 Å². The van der Waals surface area contributed by atoms with E-state index in [2.05, 4.69) is 36.4 Å². The van der Waals surface area contributed by atoms with Gasteiger partial charge in [0, 0.05) is 12.6 Å². The van der Waals surface area contributed by atoms with Crippen LogP contribution in [0.1, 0.15) is 44.6 Å². The molecule has 0 saturated heterocycles. The molecule has 1 heterocycles. The van der Waals surface area contributed by atoms with Crippen LogP contribution in [0, 0.1) is 5.92 Å². The van der Waals surface area contributed by atoms with Crippen LogP contribution in [0.2, 0.25) is 0 Å². The Hall–Kier alpha value is -1.58. The van der Waals surface area contributed by atoms with Crippen molar-refractivity contribution >= 4 is 11.6 Å². The van der Waals surface area contributed by atoms with Crippen molar-refractivity contribution in [3.8, 4) is 0 Å². The third-order valence-electron chi connectivity index (χ3n) is 2.94. The summed E-state index contributed by atoms with van der Waals surface area (Å²) in [5.41, 5.74) is 1.40. The SMILES string of the molecule is CCNc1ccc(C(=O)NC(CC)C(C)C)nc1. The molecule has 0 aliphatic heterocycles. The number of nitrogens with one attached hydrogen (secondary N) is 2. The van der Waals surface area contributed by atoms with Crippen molar-refractivity contribution < 1.29 is 4.79 Å². The van der Waals surface area contributed by atoms with Gasteiger partial charge in [0.25, 0.3) is 5.91 Å². The molecule has 1 aromatic heterocycles. The number of carbonyl (C=O) groups is 1. The number of amides is 1. The smallest absolute Gasteiger partial charge is 0.270 e. The number of aromatic nitrogens is 1. The van der Waals surface area contributed by atoms with Crippen LogP contribution in [0.25, 0.3) is 0 Å². The summed E-state index contributed by atoms with van der Waals surface area (Å²) in [5, 5.41) is 6.16. The number of hydrogen-bond acceptors (Lipinski definition) is 3. The van der Waals surface area contributed by atoms with Gasteiger partial charge in [0.1, 0.15) is 5.69 Å². The third-order valence-corrected chi connectivity index (χ3v) is 2.94. The quantitative estimate of drug-likeness (QED) is 0.815. The lowest BCUT2D eigenvalue weighted by Crippen LogP contribution is -2.38. The maximum absolute atomic E-state index is 12.0. The highest BCUT2D eigenvalue weighted by molar-refractivity contribution is 5.92. The normalized spacial score (nSPS) is 12.3. The lowest BCUT2D eigenvalue weighted by molar-refractivity contribution is 0.0919. The molecule has 0 saturated carbocycles. The van der Waals surface area contributed by atoms with Crippen molar-refractivity contribution in [3.05, 3.63) is 24.0 Å². The number of pyridine rings is 1. The molecule has 100 valence electrons. The second-order valence-corrected chi connectivity index (χ2v) is 4.69. The molecule has 0 radical (unpaired) electrons. The van der Waals surface area contributed by atoms with Crippen LogP contribution in [-0.4, -0.2) is 23.5 Å². The molecule has 0 aromatic carbocycles. The molecule has 1 aromatic rings. The van der Waals surface area contributed by atoms with E-state index >= 15 is 0 Å². The highest BCUT2D eigenvalue weighted by Crippen LogP contribution is 2.09. The van der Waals surface area contributed by atoms with Gasteiger partial charge in [-0.25, -0.2) is 4.98 Å². The topological polar surface area (TPSA) is 54.0 Å². The molecule has 0 fully saturated rings. The summed E-state index contributed by atoms with van der Waals surface area (Å²) in [7, 11) is 0. The molecule has 4 heteroatoms. The average molecular weight is 249 g/mol. The van der Waals surface area contributed by atoms with Crippen LogP contribution in [0.4, 0.5) is 5.69 Å². The van der Waals surface area contributed by atoms with E-state index < -0.39 is 0 Å². The minimum absolute atomic E-state index is 0.0985. The molecule has 4 nitrogen and oxygen atoms in total. The molecule has 2 N–H and O–H groups in total. The van der Waals surface area contributed by atoms with E-state index in [1.807, 2.05) is 13.0 Å². The first kappa shape index (κ1) is 14.5. The van der Waals surface area contributed by atoms with Gasteiger partial charge >= 0.3 is 0 Å². The first-order valence-electron chi connectivity index (χ1n) is 6.59. The predicted octanol–water partition coefficient (Wildman–Crippen LogP) is 2.68. The molecule has 0 spiro atoms. The average Bonchev–Trinajstić information content (AvgIpc) is 2.36. The molecular weight excluding hydrogens is 226 g/mol. The first-order valence-corrected chi connectivity index (χ1v) is 6.59. The first-order chi connectivity index (χ1) is 8.58. The maximum Gasteiger partial charge on any atom is 0.270 e. The second-order valence-electron chi connectivity index (χ2n) is 4.69. The summed E-state index contributed by atoms with van der Waals surface area (Å²) in [5.74, 6) is 0.332. The Morgan fingerprint density at radius 1 is 1.33 bits per heavy atom. The largest absolute Gasteiger partial charge is 0.384 e. The number of rotatable bonds is 6. The van der Waals surface area contributed by atoms with E-state index in [-0.39, 0.29) is 11.9 Å². The minimum Gasteiger partial charge on any atom is -0.384 e. The summed E-state index contributed by atoms with van der Waals surface area (Å²) in [6.45, 7) is 9.16. The number of hydrogen-bond donors (Lipinski definition) is 2. The number of carbonyl (C=O) groups excluding carboxylic acids is 1. The summed E-state index contributed by atoms with van der Waals surface area (Å²) in [6, 6.07) is 3.83. The van der Waals surface area contributed by atoms with Gasteiger partial charge in [-0.15, -0.1) is 0 Å². The molecule has 1 amide bonds. The van der Waals surface area contributed by atoms with Gasteiger partial charge in [0.2, 0.25) is 0 Å². The second kappa shape index (κ2) is 6.99. The van der Waals surface area contributed by atoms with Crippen LogP contribution in [0.5, 0.6) is 0 Å². The fourth-order valence-corrected chi connectivity index (χ4v) is 1.82. The van der Waals surface area contributed by atoms with Crippen molar-refractivity contribution in [1.82, 2.24) is 10.3 Å². The van der Waals surface area contributed by atoms with Crippen LogP contribution < -0.4 is 10.6 Å². The predicted molar refractivity (Wildman–Crippen MR) is 74.8 cm³/mol. The van der Waals surface area contributed by atoms with Crippen LogP contribution in [0.15, 0.2) is 18.3 Å². The molecule has 1 atom stereocenters. The summed E-state index contributed by atoms with van der Waals surface area (Å²) in [6.07, 6.45) is 2.62. The molecule has 1 rings (SSSR count). The number of anilines is 1. The maximum atomic E-state index is 12.0. The lowest BCUT2D eigenvalue weighted by atomic mass is 10.0. The van der Waals surface area contributed by atoms with Crippen LogP contribution in [0.3, 0.4) is 0 Å². The zero-order valence-corrected chi connectivity index (χ0v) is 11.7. The Morgan fingerprint density at radius 3 is 2.50 bits per heavy atom. The lowest BCUT2D eigenvalue weighted by Gasteiger charge is -2.20. The van der Waals surface area contributed by atoms with Crippen molar-refractivity contribution in [2.45, 2.75) is 40.2 Å². The Morgan fingerprint density at radius 2 is 2.06 bits per heavy atom. The molecule has 18 heavy (non-hydrogen) atoms. The Kier molecular flexibility index (Phi) is 5.62. The van der Waals surface area contributed by atoms with Gasteiger partial charge in [0.05, 0.1) is 11.9 Å². The van der Waals surface area contributed by atoms with Crippen LogP contribution >= 0.6 is 0 Å². The van der Waals surface area contributed by atoms with Crippen LogP contribution in [-0.2, 0) is 0 Å². The van der Waals surface area contributed by atoms with E-state index in [1.165, 1.54) is 0 Å².